The van der Waals surface area contributed by atoms with Crippen LogP contribution in [-0.4, -0.2) is 19.9 Å². The van der Waals surface area contributed by atoms with Crippen LogP contribution in [0.25, 0.3) is 11.2 Å². The normalized spacial score (nSPS) is 12.8. The zero-order valence-corrected chi connectivity index (χ0v) is 11.5. The van der Waals surface area contributed by atoms with Crippen molar-refractivity contribution in [1.29, 1.82) is 0 Å². The summed E-state index contributed by atoms with van der Waals surface area (Å²) in [6, 6.07) is 4.51. The molecule has 1 atom stereocenters. The molecule has 0 amide bonds. The second-order valence-corrected chi connectivity index (χ2v) is 5.35. The molecule has 2 heterocycles. The maximum absolute atomic E-state index is 13.9. The van der Waals surface area contributed by atoms with Crippen molar-refractivity contribution >= 4 is 22.9 Å². The molecule has 0 fully saturated rings. The van der Waals surface area contributed by atoms with Gasteiger partial charge in [-0.25, -0.2) is 19.3 Å². The summed E-state index contributed by atoms with van der Waals surface area (Å²) in [4.78, 5) is 16.1. The van der Waals surface area contributed by atoms with Crippen molar-refractivity contribution in [3.8, 4) is 0 Å². The molecular weight excluding hydrogens is 277 g/mol. The number of nitrogens with one attached hydrogen (secondary N) is 1. The average molecular weight is 289 g/mol. The molecular formula is C13H12FN5S. The molecule has 0 aliphatic carbocycles. The van der Waals surface area contributed by atoms with E-state index in [4.69, 9.17) is 5.73 Å². The van der Waals surface area contributed by atoms with Crippen molar-refractivity contribution in [2.75, 3.05) is 0 Å². The Morgan fingerprint density at radius 2 is 2.15 bits per heavy atom. The van der Waals surface area contributed by atoms with Crippen LogP contribution < -0.4 is 5.73 Å². The summed E-state index contributed by atoms with van der Waals surface area (Å²) in [7, 11) is 0. The Bertz CT molecular complexity index is 755. The highest BCUT2D eigenvalue weighted by Gasteiger charge is 2.15. The molecule has 0 unspecified atom stereocenters. The zero-order chi connectivity index (χ0) is 14.1. The van der Waals surface area contributed by atoms with E-state index in [0.717, 1.165) is 10.4 Å². The molecule has 102 valence electrons. The molecule has 0 saturated carbocycles. The molecule has 3 aromatic rings. The molecule has 0 spiro atoms. The van der Waals surface area contributed by atoms with E-state index in [-0.39, 0.29) is 5.82 Å². The highest BCUT2D eigenvalue weighted by Crippen LogP contribution is 2.35. The van der Waals surface area contributed by atoms with Crippen molar-refractivity contribution in [3.63, 3.8) is 0 Å². The van der Waals surface area contributed by atoms with Gasteiger partial charge in [-0.1, -0.05) is 17.8 Å². The predicted molar refractivity (Wildman–Crippen MR) is 74.8 cm³/mol. The van der Waals surface area contributed by atoms with Crippen LogP contribution in [0.15, 0.2) is 40.8 Å². The van der Waals surface area contributed by atoms with Crippen LogP contribution >= 0.6 is 11.8 Å². The fraction of sp³-hybridized carbons (Fsp3) is 0.154. The Labute approximate surface area is 118 Å². The van der Waals surface area contributed by atoms with Gasteiger partial charge in [-0.2, -0.15) is 0 Å². The van der Waals surface area contributed by atoms with E-state index in [0.29, 0.717) is 16.2 Å². The third kappa shape index (κ3) is 2.25. The van der Waals surface area contributed by atoms with Gasteiger partial charge in [0.05, 0.1) is 6.33 Å². The molecule has 0 radical (unpaired) electrons. The lowest BCUT2D eigenvalue weighted by Gasteiger charge is -2.12. The van der Waals surface area contributed by atoms with Gasteiger partial charge >= 0.3 is 0 Å². The van der Waals surface area contributed by atoms with Crippen LogP contribution in [0.3, 0.4) is 0 Å². The fourth-order valence-corrected chi connectivity index (χ4v) is 3.07. The fourth-order valence-electron chi connectivity index (χ4n) is 1.97. The van der Waals surface area contributed by atoms with Crippen LogP contribution in [0.5, 0.6) is 0 Å². The van der Waals surface area contributed by atoms with Crippen molar-refractivity contribution < 1.29 is 4.39 Å². The number of aromatic amines is 1. The topological polar surface area (TPSA) is 80.5 Å². The summed E-state index contributed by atoms with van der Waals surface area (Å²) in [5, 5.41) is 0.694. The maximum Gasteiger partial charge on any atom is 0.181 e. The minimum Gasteiger partial charge on any atom is -0.341 e. The third-order valence-electron chi connectivity index (χ3n) is 2.86. The molecule has 7 heteroatoms. The Morgan fingerprint density at radius 1 is 1.30 bits per heavy atom. The van der Waals surface area contributed by atoms with Gasteiger partial charge in [0.1, 0.15) is 22.7 Å². The number of imidazole rings is 1. The number of aromatic nitrogens is 4. The van der Waals surface area contributed by atoms with Gasteiger partial charge in [0.2, 0.25) is 0 Å². The SMILES string of the molecule is C[C@@H](N)c1c(F)cccc1Sc1ncnc2nc[nH]c12. The smallest absolute Gasteiger partial charge is 0.181 e. The van der Waals surface area contributed by atoms with Gasteiger partial charge in [0.25, 0.3) is 0 Å². The number of fused-ring (bicyclic) bond motifs is 1. The Kier molecular flexibility index (Phi) is 3.37. The lowest BCUT2D eigenvalue weighted by molar-refractivity contribution is 0.585. The van der Waals surface area contributed by atoms with Gasteiger partial charge in [-0.15, -0.1) is 0 Å². The Hall–Kier alpha value is -1.99. The highest BCUT2D eigenvalue weighted by molar-refractivity contribution is 7.99. The number of hydrogen-bond acceptors (Lipinski definition) is 5. The van der Waals surface area contributed by atoms with Crippen LogP contribution in [-0.2, 0) is 0 Å². The first-order chi connectivity index (χ1) is 9.66. The van der Waals surface area contributed by atoms with Crippen LogP contribution in [0.2, 0.25) is 0 Å². The second-order valence-electron chi connectivity index (χ2n) is 4.32. The molecule has 0 saturated heterocycles. The summed E-state index contributed by atoms with van der Waals surface area (Å²) in [6.45, 7) is 1.76. The van der Waals surface area contributed by atoms with Gasteiger partial charge in [-0.05, 0) is 19.1 Å². The van der Waals surface area contributed by atoms with E-state index >= 15 is 0 Å². The Balaban J connectivity index is 2.08. The van der Waals surface area contributed by atoms with Gasteiger partial charge < -0.3 is 10.7 Å². The second kappa shape index (κ2) is 5.18. The van der Waals surface area contributed by atoms with E-state index in [1.165, 1.54) is 24.2 Å². The third-order valence-corrected chi connectivity index (χ3v) is 3.94. The average Bonchev–Trinajstić information content (AvgIpc) is 2.87. The summed E-state index contributed by atoms with van der Waals surface area (Å²) in [5.74, 6) is -0.306. The monoisotopic (exact) mass is 289 g/mol. The van der Waals surface area contributed by atoms with Crippen molar-refractivity contribution in [2.24, 2.45) is 5.73 Å². The number of hydrogen-bond donors (Lipinski definition) is 2. The van der Waals surface area contributed by atoms with E-state index in [9.17, 15) is 4.39 Å². The van der Waals surface area contributed by atoms with Crippen molar-refractivity contribution in [2.45, 2.75) is 22.9 Å². The molecule has 2 aromatic heterocycles. The Morgan fingerprint density at radius 3 is 2.95 bits per heavy atom. The number of halogens is 1. The quantitative estimate of drug-likeness (QED) is 0.724. The zero-order valence-electron chi connectivity index (χ0n) is 10.7. The number of nitrogens with zero attached hydrogens (tertiary/aromatic N) is 3. The summed E-state index contributed by atoms with van der Waals surface area (Å²) in [6.07, 6.45) is 3.00. The summed E-state index contributed by atoms with van der Waals surface area (Å²) in [5.41, 5.74) is 7.66. The van der Waals surface area contributed by atoms with Gasteiger partial charge in [-0.3, -0.25) is 0 Å². The van der Waals surface area contributed by atoms with E-state index in [1.807, 2.05) is 6.07 Å². The first kappa shape index (κ1) is 13.0. The minimum atomic E-state index is -0.391. The molecule has 3 rings (SSSR count). The first-order valence-electron chi connectivity index (χ1n) is 6.02. The highest BCUT2D eigenvalue weighted by atomic mass is 32.2. The lowest BCUT2D eigenvalue weighted by Crippen LogP contribution is -2.09. The molecule has 3 N–H and O–H groups in total. The number of nitrogens with two attached hydrogens (primary N) is 1. The standard InChI is InChI=1S/C13H12FN5S/c1-7(15)10-8(14)3-2-4-9(10)20-13-11-12(17-5-16-11)18-6-19-13/h2-7H,15H2,1H3,(H,16,17,18,19)/t7-/m1/s1. The largest absolute Gasteiger partial charge is 0.341 e. The molecule has 1 aromatic carbocycles. The van der Waals surface area contributed by atoms with E-state index in [1.54, 1.807) is 19.3 Å². The van der Waals surface area contributed by atoms with Crippen molar-refractivity contribution in [3.05, 3.63) is 42.2 Å². The molecule has 0 aliphatic heterocycles. The maximum atomic E-state index is 13.9. The summed E-state index contributed by atoms with van der Waals surface area (Å²) >= 11 is 1.35. The molecule has 0 bridgehead atoms. The minimum absolute atomic E-state index is 0.306. The number of rotatable bonds is 3. The van der Waals surface area contributed by atoms with E-state index < -0.39 is 6.04 Å². The van der Waals surface area contributed by atoms with Crippen molar-refractivity contribution in [1.82, 2.24) is 19.9 Å². The lowest BCUT2D eigenvalue weighted by atomic mass is 10.1. The number of benzene rings is 1. The molecule has 5 nitrogen and oxygen atoms in total. The van der Waals surface area contributed by atoms with Gasteiger partial charge in [0.15, 0.2) is 5.65 Å². The molecule has 0 aliphatic rings. The molecule has 20 heavy (non-hydrogen) atoms. The number of H-pyrrole nitrogens is 1. The van der Waals surface area contributed by atoms with Crippen LogP contribution in [0.4, 0.5) is 4.39 Å². The predicted octanol–water partition coefficient (Wildman–Crippen LogP) is 2.66. The van der Waals surface area contributed by atoms with Crippen LogP contribution in [0.1, 0.15) is 18.5 Å². The van der Waals surface area contributed by atoms with Crippen LogP contribution in [0, 0.1) is 5.82 Å². The first-order valence-corrected chi connectivity index (χ1v) is 6.84. The summed E-state index contributed by atoms with van der Waals surface area (Å²) < 4.78 is 13.9. The van der Waals surface area contributed by atoms with E-state index in [2.05, 4.69) is 19.9 Å². The van der Waals surface area contributed by atoms with Gasteiger partial charge in [0, 0.05) is 16.5 Å².